The van der Waals surface area contributed by atoms with Crippen molar-refractivity contribution in [1.82, 2.24) is 0 Å². The molecule has 2 fully saturated rings. The molecular weight excluding hydrogens is 432 g/mol. The number of amides is 3. The molecule has 2 saturated heterocycles. The second-order valence-electron chi connectivity index (χ2n) is 9.28. The van der Waals surface area contributed by atoms with Crippen LogP contribution < -0.4 is 14.5 Å². The average Bonchev–Trinajstić information content (AvgIpc) is 3.33. The number of imide groups is 1. The van der Waals surface area contributed by atoms with Crippen LogP contribution in [0, 0.1) is 31.6 Å². The van der Waals surface area contributed by atoms with Gasteiger partial charge in [0.2, 0.25) is 17.7 Å². The van der Waals surface area contributed by atoms with Gasteiger partial charge < -0.3 is 9.64 Å². The predicted molar refractivity (Wildman–Crippen MR) is 126 cm³/mol. The van der Waals surface area contributed by atoms with E-state index in [0.29, 0.717) is 18.5 Å². The van der Waals surface area contributed by atoms with E-state index in [1.165, 1.54) is 11.0 Å². The number of hydrogen-bond donors (Lipinski definition) is 0. The minimum Gasteiger partial charge on any atom is -0.426 e. The van der Waals surface area contributed by atoms with Gasteiger partial charge in [-0.3, -0.25) is 19.2 Å². The molecule has 2 aromatic carbocycles. The van der Waals surface area contributed by atoms with Crippen LogP contribution >= 0.6 is 0 Å². The van der Waals surface area contributed by atoms with E-state index in [0.717, 1.165) is 16.8 Å². The van der Waals surface area contributed by atoms with E-state index in [-0.39, 0.29) is 48.3 Å². The SMILES string of the molecule is Cc1ccc(C)c(N2C[C@@H](C(=O)Oc3cccc(N4C(=O)[C@H]5CC=CC[C@H]5C4=O)c3)CC2=O)c1. The summed E-state index contributed by atoms with van der Waals surface area (Å²) < 4.78 is 5.59. The molecule has 5 rings (SSSR count). The number of nitrogens with zero attached hydrogens (tertiary/aromatic N) is 2. The van der Waals surface area contributed by atoms with Crippen LogP contribution in [0.25, 0.3) is 0 Å². The number of esters is 1. The zero-order chi connectivity index (χ0) is 24.0. The number of carbonyl (C=O) groups is 4. The lowest BCUT2D eigenvalue weighted by Gasteiger charge is -2.19. The van der Waals surface area contributed by atoms with Gasteiger partial charge in [-0.25, -0.2) is 4.90 Å². The molecule has 0 radical (unpaired) electrons. The van der Waals surface area contributed by atoms with Crippen LogP contribution in [0.15, 0.2) is 54.6 Å². The largest absolute Gasteiger partial charge is 0.426 e. The van der Waals surface area contributed by atoms with Crippen molar-refractivity contribution in [3.8, 4) is 5.75 Å². The van der Waals surface area contributed by atoms with Crippen molar-refractivity contribution in [2.24, 2.45) is 17.8 Å². The lowest BCUT2D eigenvalue weighted by Crippen LogP contribution is -2.31. The summed E-state index contributed by atoms with van der Waals surface area (Å²) in [5.74, 6) is -2.06. The van der Waals surface area contributed by atoms with E-state index in [1.54, 1.807) is 23.1 Å². The Hall–Kier alpha value is -3.74. The maximum atomic E-state index is 12.9. The van der Waals surface area contributed by atoms with Gasteiger partial charge in [0.25, 0.3) is 0 Å². The lowest BCUT2D eigenvalue weighted by atomic mass is 9.85. The standard InChI is InChI=1S/C27H26N2O5/c1-16-10-11-17(2)23(12-16)28-15-18(13-24(28)30)27(33)34-20-7-5-6-19(14-20)29-25(31)21-8-3-4-9-22(21)26(29)32/h3-7,10-12,14,18,21-22H,8-9,13,15H2,1-2H3/t18-,21-,22+/m0/s1. The van der Waals surface area contributed by atoms with Crippen molar-refractivity contribution in [3.63, 3.8) is 0 Å². The molecule has 0 aromatic heterocycles. The van der Waals surface area contributed by atoms with Crippen LogP contribution in [0.4, 0.5) is 11.4 Å². The van der Waals surface area contributed by atoms with Crippen LogP contribution in [-0.4, -0.2) is 30.2 Å². The molecule has 2 heterocycles. The number of benzene rings is 2. The highest BCUT2D eigenvalue weighted by Gasteiger charge is 2.48. The van der Waals surface area contributed by atoms with Crippen molar-refractivity contribution in [1.29, 1.82) is 0 Å². The van der Waals surface area contributed by atoms with Gasteiger partial charge in [-0.15, -0.1) is 0 Å². The third-order valence-corrected chi connectivity index (χ3v) is 6.92. The number of ether oxygens (including phenoxy) is 1. The number of allylic oxidation sites excluding steroid dienone is 2. The summed E-state index contributed by atoms with van der Waals surface area (Å²) in [6, 6.07) is 12.4. The van der Waals surface area contributed by atoms with Crippen LogP contribution in [0.3, 0.4) is 0 Å². The van der Waals surface area contributed by atoms with E-state index in [4.69, 9.17) is 4.74 Å². The minimum absolute atomic E-state index is 0.0748. The third-order valence-electron chi connectivity index (χ3n) is 6.92. The average molecular weight is 459 g/mol. The summed E-state index contributed by atoms with van der Waals surface area (Å²) in [5.41, 5.74) is 3.22. The van der Waals surface area contributed by atoms with E-state index >= 15 is 0 Å². The molecule has 7 nitrogen and oxygen atoms in total. The molecule has 3 amide bonds. The number of anilines is 2. The lowest BCUT2D eigenvalue weighted by molar-refractivity contribution is -0.139. The molecule has 34 heavy (non-hydrogen) atoms. The molecular formula is C27H26N2O5. The topological polar surface area (TPSA) is 84.0 Å². The number of aryl methyl sites for hydroxylation is 2. The van der Waals surface area contributed by atoms with E-state index in [1.807, 2.05) is 44.2 Å². The molecule has 0 N–H and O–H groups in total. The number of carbonyl (C=O) groups excluding carboxylic acids is 4. The van der Waals surface area contributed by atoms with Crippen molar-refractivity contribution < 1.29 is 23.9 Å². The molecule has 2 aromatic rings. The first-order valence-electron chi connectivity index (χ1n) is 11.6. The molecule has 0 saturated carbocycles. The second kappa shape index (κ2) is 8.56. The van der Waals surface area contributed by atoms with Gasteiger partial charge >= 0.3 is 5.97 Å². The zero-order valence-corrected chi connectivity index (χ0v) is 19.2. The Morgan fingerprint density at radius 2 is 1.65 bits per heavy atom. The van der Waals surface area contributed by atoms with Gasteiger partial charge in [-0.05, 0) is 56.0 Å². The van der Waals surface area contributed by atoms with Crippen LogP contribution in [0.5, 0.6) is 5.75 Å². The Kier molecular flexibility index (Phi) is 5.55. The summed E-state index contributed by atoms with van der Waals surface area (Å²) in [5, 5.41) is 0. The summed E-state index contributed by atoms with van der Waals surface area (Å²) in [6.07, 6.45) is 5.09. The molecule has 3 atom stereocenters. The van der Waals surface area contributed by atoms with Crippen LogP contribution in [-0.2, 0) is 19.2 Å². The second-order valence-corrected chi connectivity index (χ2v) is 9.28. The Bertz CT molecular complexity index is 1210. The van der Waals surface area contributed by atoms with E-state index < -0.39 is 11.9 Å². The quantitative estimate of drug-likeness (QED) is 0.302. The summed E-state index contributed by atoms with van der Waals surface area (Å²) in [6.45, 7) is 4.15. The van der Waals surface area contributed by atoms with Crippen molar-refractivity contribution in [2.45, 2.75) is 33.1 Å². The Morgan fingerprint density at radius 1 is 0.941 bits per heavy atom. The van der Waals surface area contributed by atoms with Gasteiger partial charge in [0, 0.05) is 24.7 Å². The minimum atomic E-state index is -0.597. The number of rotatable bonds is 4. The first-order valence-corrected chi connectivity index (χ1v) is 11.6. The van der Waals surface area contributed by atoms with Crippen molar-refractivity contribution in [2.75, 3.05) is 16.3 Å². The van der Waals surface area contributed by atoms with Gasteiger partial charge in [-0.2, -0.15) is 0 Å². The van der Waals surface area contributed by atoms with Gasteiger partial charge in [-0.1, -0.05) is 30.4 Å². The fraction of sp³-hybridized carbons (Fsp3) is 0.333. The van der Waals surface area contributed by atoms with Gasteiger partial charge in [0.1, 0.15) is 5.75 Å². The molecule has 7 heteroatoms. The summed E-state index contributed by atoms with van der Waals surface area (Å²) in [4.78, 5) is 54.2. The summed E-state index contributed by atoms with van der Waals surface area (Å²) in [7, 11) is 0. The molecule has 0 spiro atoms. The monoisotopic (exact) mass is 458 g/mol. The van der Waals surface area contributed by atoms with Crippen LogP contribution in [0.1, 0.15) is 30.4 Å². The molecule has 3 aliphatic rings. The van der Waals surface area contributed by atoms with Gasteiger partial charge in [0.05, 0.1) is 23.4 Å². The third kappa shape index (κ3) is 3.81. The number of hydrogen-bond acceptors (Lipinski definition) is 5. The maximum Gasteiger partial charge on any atom is 0.316 e. The summed E-state index contributed by atoms with van der Waals surface area (Å²) >= 11 is 0. The Labute approximate surface area is 198 Å². The highest BCUT2D eigenvalue weighted by Crippen LogP contribution is 2.38. The zero-order valence-electron chi connectivity index (χ0n) is 19.2. The van der Waals surface area contributed by atoms with E-state index in [2.05, 4.69) is 0 Å². The smallest absolute Gasteiger partial charge is 0.316 e. The van der Waals surface area contributed by atoms with Gasteiger partial charge in [0.15, 0.2) is 0 Å². The highest BCUT2D eigenvalue weighted by atomic mass is 16.5. The van der Waals surface area contributed by atoms with E-state index in [9.17, 15) is 19.2 Å². The Balaban J connectivity index is 1.30. The molecule has 0 unspecified atom stereocenters. The fourth-order valence-corrected chi connectivity index (χ4v) is 5.05. The first kappa shape index (κ1) is 22.1. The Morgan fingerprint density at radius 3 is 2.35 bits per heavy atom. The van der Waals surface area contributed by atoms with Crippen molar-refractivity contribution >= 4 is 35.1 Å². The first-order chi connectivity index (χ1) is 16.3. The number of fused-ring (bicyclic) bond motifs is 1. The normalized spacial score (nSPS) is 24.1. The van der Waals surface area contributed by atoms with Crippen molar-refractivity contribution in [3.05, 3.63) is 65.7 Å². The maximum absolute atomic E-state index is 12.9. The highest BCUT2D eigenvalue weighted by molar-refractivity contribution is 6.22. The fourth-order valence-electron chi connectivity index (χ4n) is 5.05. The predicted octanol–water partition coefficient (Wildman–Crippen LogP) is 3.72. The molecule has 174 valence electrons. The molecule has 0 bridgehead atoms. The molecule has 1 aliphatic carbocycles. The van der Waals surface area contributed by atoms with Crippen LogP contribution in [0.2, 0.25) is 0 Å². The molecule has 2 aliphatic heterocycles.